The lowest BCUT2D eigenvalue weighted by molar-refractivity contribution is 0.0963. The number of methoxy groups -OCH3 is 3. The fourth-order valence-corrected chi connectivity index (χ4v) is 3.62. The standard InChI is InChI=1S/C25H25N3O5/c1-26-24(29)16-11-9-15(10-12-16)18-7-6-8-19-22(18)33-25(27-19)28(2)17-13-20(30-3)23(32-5)21(14-17)31-4/h6-14H,1-5H3,(H,26,29). The van der Waals surface area contributed by atoms with Crippen molar-refractivity contribution in [2.24, 2.45) is 0 Å². The van der Waals surface area contributed by atoms with Crippen molar-refractivity contribution < 1.29 is 23.4 Å². The van der Waals surface area contributed by atoms with Crippen LogP contribution >= 0.6 is 0 Å². The van der Waals surface area contributed by atoms with Crippen LogP contribution in [0.5, 0.6) is 17.2 Å². The van der Waals surface area contributed by atoms with Crippen LogP contribution in [0.25, 0.3) is 22.2 Å². The lowest BCUT2D eigenvalue weighted by Gasteiger charge is -2.19. The number of benzene rings is 3. The quantitative estimate of drug-likeness (QED) is 0.441. The molecule has 8 heteroatoms. The Morgan fingerprint density at radius 1 is 0.970 bits per heavy atom. The summed E-state index contributed by atoms with van der Waals surface area (Å²) in [5.41, 5.74) is 4.53. The first-order valence-electron chi connectivity index (χ1n) is 10.3. The van der Waals surface area contributed by atoms with Gasteiger partial charge in [-0.05, 0) is 23.8 Å². The van der Waals surface area contributed by atoms with Crippen molar-refractivity contribution in [2.45, 2.75) is 0 Å². The molecule has 33 heavy (non-hydrogen) atoms. The molecule has 0 aliphatic rings. The van der Waals surface area contributed by atoms with Crippen LogP contribution in [0.15, 0.2) is 59.0 Å². The predicted molar refractivity (Wildman–Crippen MR) is 127 cm³/mol. The third-order valence-electron chi connectivity index (χ3n) is 5.41. The Labute approximate surface area is 191 Å². The van der Waals surface area contributed by atoms with Crippen molar-refractivity contribution >= 4 is 28.7 Å². The molecular weight excluding hydrogens is 422 g/mol. The van der Waals surface area contributed by atoms with Crippen molar-refractivity contribution in [2.75, 3.05) is 40.3 Å². The molecule has 170 valence electrons. The summed E-state index contributed by atoms with van der Waals surface area (Å²) in [6, 6.07) is 17.2. The highest BCUT2D eigenvalue weighted by Gasteiger charge is 2.20. The highest BCUT2D eigenvalue weighted by atomic mass is 16.5. The van der Waals surface area contributed by atoms with E-state index in [2.05, 4.69) is 10.3 Å². The molecule has 1 N–H and O–H groups in total. The van der Waals surface area contributed by atoms with Gasteiger partial charge in [-0.25, -0.2) is 0 Å². The number of carbonyl (C=O) groups is 1. The molecule has 0 atom stereocenters. The van der Waals surface area contributed by atoms with E-state index < -0.39 is 0 Å². The monoisotopic (exact) mass is 447 g/mol. The van der Waals surface area contributed by atoms with E-state index in [9.17, 15) is 4.79 Å². The molecule has 0 radical (unpaired) electrons. The maximum atomic E-state index is 11.8. The minimum atomic E-state index is -0.131. The number of hydrogen-bond donors (Lipinski definition) is 1. The Bertz CT molecular complexity index is 1270. The van der Waals surface area contributed by atoms with E-state index in [4.69, 9.17) is 18.6 Å². The number of carbonyl (C=O) groups excluding carboxylic acids is 1. The molecule has 8 nitrogen and oxygen atoms in total. The highest BCUT2D eigenvalue weighted by Crippen LogP contribution is 2.42. The number of nitrogens with zero attached hydrogens (tertiary/aromatic N) is 2. The van der Waals surface area contributed by atoms with Crippen LogP contribution in [0.1, 0.15) is 10.4 Å². The van der Waals surface area contributed by atoms with E-state index >= 15 is 0 Å². The lowest BCUT2D eigenvalue weighted by atomic mass is 10.0. The molecule has 4 aromatic rings. The van der Waals surface area contributed by atoms with Gasteiger partial charge in [0.2, 0.25) is 5.75 Å². The molecule has 0 aliphatic carbocycles. The number of fused-ring (bicyclic) bond motifs is 1. The van der Waals surface area contributed by atoms with E-state index in [1.54, 1.807) is 40.5 Å². The third kappa shape index (κ3) is 4.03. The van der Waals surface area contributed by atoms with Crippen molar-refractivity contribution in [1.82, 2.24) is 10.3 Å². The van der Waals surface area contributed by atoms with Gasteiger partial charge in [0, 0.05) is 37.4 Å². The van der Waals surface area contributed by atoms with Gasteiger partial charge in [0.1, 0.15) is 5.52 Å². The van der Waals surface area contributed by atoms with Crippen LogP contribution < -0.4 is 24.4 Å². The highest BCUT2D eigenvalue weighted by molar-refractivity contribution is 5.96. The number of para-hydroxylation sites is 1. The topological polar surface area (TPSA) is 86.1 Å². The fraction of sp³-hybridized carbons (Fsp3) is 0.200. The van der Waals surface area contributed by atoms with Gasteiger partial charge in [-0.2, -0.15) is 4.98 Å². The van der Waals surface area contributed by atoms with Crippen molar-refractivity contribution in [3.05, 3.63) is 60.2 Å². The summed E-state index contributed by atoms with van der Waals surface area (Å²) in [7, 11) is 8.17. The average molecular weight is 447 g/mol. The molecule has 0 spiro atoms. The summed E-state index contributed by atoms with van der Waals surface area (Å²) in [5.74, 6) is 1.45. The van der Waals surface area contributed by atoms with Gasteiger partial charge in [-0.15, -0.1) is 0 Å². The Morgan fingerprint density at radius 3 is 2.21 bits per heavy atom. The zero-order valence-electron chi connectivity index (χ0n) is 19.1. The van der Waals surface area contributed by atoms with E-state index in [0.29, 0.717) is 34.4 Å². The number of oxazole rings is 1. The van der Waals surface area contributed by atoms with Gasteiger partial charge in [0.05, 0.1) is 27.0 Å². The second-order valence-electron chi connectivity index (χ2n) is 7.25. The van der Waals surface area contributed by atoms with Crippen molar-refractivity contribution in [3.63, 3.8) is 0 Å². The minimum Gasteiger partial charge on any atom is -0.493 e. The predicted octanol–water partition coefficient (Wildman–Crippen LogP) is 4.65. The van der Waals surface area contributed by atoms with Gasteiger partial charge in [-0.3, -0.25) is 9.69 Å². The summed E-state index contributed by atoms with van der Waals surface area (Å²) in [4.78, 5) is 18.3. The zero-order valence-corrected chi connectivity index (χ0v) is 19.1. The molecule has 0 saturated heterocycles. The summed E-state index contributed by atoms with van der Waals surface area (Å²) >= 11 is 0. The summed E-state index contributed by atoms with van der Waals surface area (Å²) in [6.07, 6.45) is 0. The van der Waals surface area contributed by atoms with Crippen LogP contribution in [-0.2, 0) is 0 Å². The molecule has 0 unspecified atom stereocenters. The number of ether oxygens (including phenoxy) is 3. The van der Waals surface area contributed by atoms with Crippen LogP contribution in [0.3, 0.4) is 0 Å². The van der Waals surface area contributed by atoms with E-state index in [1.165, 1.54) is 0 Å². The first kappa shape index (κ1) is 22.0. The average Bonchev–Trinajstić information content (AvgIpc) is 3.31. The number of amides is 1. The summed E-state index contributed by atoms with van der Waals surface area (Å²) in [6.45, 7) is 0. The van der Waals surface area contributed by atoms with Crippen LogP contribution in [0, 0.1) is 0 Å². The summed E-state index contributed by atoms with van der Waals surface area (Å²) in [5, 5.41) is 2.63. The molecule has 1 amide bonds. The molecule has 0 fully saturated rings. The van der Waals surface area contributed by atoms with E-state index in [-0.39, 0.29) is 5.91 Å². The number of hydrogen-bond acceptors (Lipinski definition) is 7. The van der Waals surface area contributed by atoms with Gasteiger partial charge in [0.25, 0.3) is 5.91 Å². The van der Waals surface area contributed by atoms with E-state index in [1.807, 2.05) is 54.4 Å². The molecule has 0 aliphatic heterocycles. The van der Waals surface area contributed by atoms with Crippen molar-refractivity contribution in [1.29, 1.82) is 0 Å². The van der Waals surface area contributed by atoms with Gasteiger partial charge in [-0.1, -0.05) is 24.3 Å². The van der Waals surface area contributed by atoms with Crippen molar-refractivity contribution in [3.8, 4) is 28.4 Å². The molecule has 1 aromatic heterocycles. The second-order valence-corrected chi connectivity index (χ2v) is 7.25. The molecular formula is C25H25N3O5. The molecule has 3 aromatic carbocycles. The van der Waals surface area contributed by atoms with Crippen LogP contribution in [0.4, 0.5) is 11.7 Å². The van der Waals surface area contributed by atoms with Crippen LogP contribution in [-0.4, -0.2) is 46.3 Å². The van der Waals surface area contributed by atoms with E-state index in [0.717, 1.165) is 22.3 Å². The zero-order chi connectivity index (χ0) is 23.5. The largest absolute Gasteiger partial charge is 0.493 e. The Morgan fingerprint density at radius 2 is 1.64 bits per heavy atom. The molecule has 4 rings (SSSR count). The maximum absolute atomic E-state index is 11.8. The maximum Gasteiger partial charge on any atom is 0.302 e. The smallest absolute Gasteiger partial charge is 0.302 e. The third-order valence-corrected chi connectivity index (χ3v) is 5.41. The molecule has 1 heterocycles. The number of anilines is 2. The summed E-state index contributed by atoms with van der Waals surface area (Å²) < 4.78 is 22.5. The first-order chi connectivity index (χ1) is 16.0. The Kier molecular flexibility index (Phi) is 6.08. The molecule has 0 bridgehead atoms. The lowest BCUT2D eigenvalue weighted by Crippen LogP contribution is -2.17. The molecule has 0 saturated carbocycles. The van der Waals surface area contributed by atoms with Crippen LogP contribution in [0.2, 0.25) is 0 Å². The van der Waals surface area contributed by atoms with Gasteiger partial charge >= 0.3 is 6.01 Å². The Balaban J connectivity index is 1.74. The van der Waals surface area contributed by atoms with Gasteiger partial charge in [0.15, 0.2) is 17.1 Å². The first-order valence-corrected chi connectivity index (χ1v) is 10.3. The van der Waals surface area contributed by atoms with Gasteiger partial charge < -0.3 is 23.9 Å². The number of aromatic nitrogens is 1. The normalized spacial score (nSPS) is 10.7. The Hall–Kier alpha value is -4.20. The minimum absolute atomic E-state index is 0.131. The number of rotatable bonds is 7. The fourth-order valence-electron chi connectivity index (χ4n) is 3.62. The number of nitrogens with one attached hydrogen (secondary N) is 1. The SMILES string of the molecule is CNC(=O)c1ccc(-c2cccc3nc(N(C)c4cc(OC)c(OC)c(OC)c4)oc23)cc1. The second kappa shape index (κ2) is 9.12.